The number of rotatable bonds is 2. The molecule has 0 aliphatic carbocycles. The van der Waals surface area contributed by atoms with Gasteiger partial charge in [-0.2, -0.15) is 0 Å². The number of phenolic OH excluding ortho intramolecular Hbond substituents is 1. The van der Waals surface area contributed by atoms with Gasteiger partial charge < -0.3 is 13.9 Å². The Hall–Kier alpha value is -3.01. The second kappa shape index (κ2) is 5.02. The zero-order valence-corrected chi connectivity index (χ0v) is 12.5. The fourth-order valence-corrected chi connectivity index (χ4v) is 2.78. The number of benzene rings is 2. The van der Waals surface area contributed by atoms with E-state index >= 15 is 0 Å². The quantitative estimate of drug-likeness (QED) is 0.593. The zero-order valence-electron chi connectivity index (χ0n) is 12.5. The molecule has 0 aliphatic heterocycles. The van der Waals surface area contributed by atoms with Gasteiger partial charge in [0.25, 0.3) is 0 Å². The number of phenols is 1. The first-order chi connectivity index (χ1) is 11.2. The number of aryl methyl sites for hydroxylation is 1. The molecule has 0 radical (unpaired) electrons. The van der Waals surface area contributed by atoms with Crippen LogP contribution in [-0.2, 0) is 6.42 Å². The molecule has 0 bridgehead atoms. The minimum Gasteiger partial charge on any atom is -0.508 e. The minimum absolute atomic E-state index is 0.139. The van der Waals surface area contributed by atoms with E-state index in [1.165, 1.54) is 12.3 Å². The average Bonchev–Trinajstić information content (AvgIpc) is 2.98. The second-order valence-corrected chi connectivity index (χ2v) is 5.46. The topological polar surface area (TPSA) is 63.6 Å². The Morgan fingerprint density at radius 2 is 1.91 bits per heavy atom. The van der Waals surface area contributed by atoms with E-state index < -0.39 is 0 Å². The van der Waals surface area contributed by atoms with Gasteiger partial charge in [0, 0.05) is 11.5 Å². The summed E-state index contributed by atoms with van der Waals surface area (Å²) in [4.78, 5) is 12.8. The molecule has 0 fully saturated rings. The standard InChI is InChI=1S/C19H14O4/c1-2-11-7-13-17(9-15(11)20)22-10-14(19(13)21)18-8-12-5-3-4-6-16(12)23-18/h3-10,20H,2H2,1H3. The number of para-hydroxylation sites is 1. The van der Waals surface area contributed by atoms with Crippen LogP contribution in [0.4, 0.5) is 0 Å². The van der Waals surface area contributed by atoms with Gasteiger partial charge in [-0.05, 0) is 30.2 Å². The van der Waals surface area contributed by atoms with Crippen molar-refractivity contribution in [2.45, 2.75) is 13.3 Å². The third-order valence-corrected chi connectivity index (χ3v) is 4.05. The lowest BCUT2D eigenvalue weighted by atomic mass is 10.1. The molecule has 0 saturated carbocycles. The van der Waals surface area contributed by atoms with Gasteiger partial charge in [0.05, 0.1) is 5.39 Å². The summed E-state index contributed by atoms with van der Waals surface area (Å²) in [6, 6.07) is 12.6. The predicted octanol–water partition coefficient (Wildman–Crippen LogP) is 4.47. The van der Waals surface area contributed by atoms with E-state index in [9.17, 15) is 9.90 Å². The van der Waals surface area contributed by atoms with Crippen molar-refractivity contribution in [1.29, 1.82) is 0 Å². The fraction of sp³-hybridized carbons (Fsp3) is 0.105. The molecular weight excluding hydrogens is 292 g/mol. The monoisotopic (exact) mass is 306 g/mol. The summed E-state index contributed by atoms with van der Waals surface area (Å²) in [6.45, 7) is 1.92. The smallest absolute Gasteiger partial charge is 0.203 e. The Kier molecular flexibility index (Phi) is 2.98. The van der Waals surface area contributed by atoms with Crippen LogP contribution in [0.2, 0.25) is 0 Å². The molecule has 0 atom stereocenters. The third-order valence-electron chi connectivity index (χ3n) is 4.05. The van der Waals surface area contributed by atoms with Crippen molar-refractivity contribution >= 4 is 21.9 Å². The van der Waals surface area contributed by atoms with Gasteiger partial charge in [-0.1, -0.05) is 25.1 Å². The molecule has 2 aromatic heterocycles. The first-order valence-corrected chi connectivity index (χ1v) is 7.43. The summed E-state index contributed by atoms with van der Waals surface area (Å²) < 4.78 is 11.3. The molecule has 0 amide bonds. The highest BCUT2D eigenvalue weighted by Gasteiger charge is 2.15. The SMILES string of the molecule is CCc1cc2c(=O)c(-c3cc4ccccc4o3)coc2cc1O. The molecule has 0 aliphatic rings. The molecule has 1 N–H and O–H groups in total. The van der Waals surface area contributed by atoms with E-state index in [0.29, 0.717) is 34.3 Å². The van der Waals surface area contributed by atoms with E-state index in [1.807, 2.05) is 37.3 Å². The maximum atomic E-state index is 12.8. The van der Waals surface area contributed by atoms with Crippen LogP contribution in [0.15, 0.2) is 62.4 Å². The molecule has 2 aromatic carbocycles. The summed E-state index contributed by atoms with van der Waals surface area (Å²) in [5.74, 6) is 0.618. The van der Waals surface area contributed by atoms with Crippen LogP contribution in [0, 0.1) is 0 Å². The second-order valence-electron chi connectivity index (χ2n) is 5.46. The first kappa shape index (κ1) is 13.6. The molecular formula is C19H14O4. The van der Waals surface area contributed by atoms with Gasteiger partial charge in [-0.3, -0.25) is 4.79 Å². The Bertz CT molecular complexity index is 1050. The van der Waals surface area contributed by atoms with Crippen LogP contribution < -0.4 is 5.43 Å². The van der Waals surface area contributed by atoms with Gasteiger partial charge in [-0.15, -0.1) is 0 Å². The lowest BCUT2D eigenvalue weighted by Gasteiger charge is -2.04. The van der Waals surface area contributed by atoms with Gasteiger partial charge in [0.15, 0.2) is 0 Å². The number of fused-ring (bicyclic) bond motifs is 2. The third kappa shape index (κ3) is 2.11. The van der Waals surface area contributed by atoms with Crippen molar-refractivity contribution in [3.63, 3.8) is 0 Å². The van der Waals surface area contributed by atoms with Crippen LogP contribution in [0.25, 0.3) is 33.3 Å². The maximum absolute atomic E-state index is 12.8. The van der Waals surface area contributed by atoms with Gasteiger partial charge in [0.2, 0.25) is 5.43 Å². The summed E-state index contributed by atoms with van der Waals surface area (Å²) in [6.07, 6.45) is 2.02. The normalized spacial score (nSPS) is 11.3. The lowest BCUT2D eigenvalue weighted by molar-refractivity contribution is 0.467. The van der Waals surface area contributed by atoms with E-state index in [4.69, 9.17) is 8.83 Å². The van der Waals surface area contributed by atoms with Crippen molar-refractivity contribution in [3.8, 4) is 17.1 Å². The molecule has 4 aromatic rings. The Morgan fingerprint density at radius 3 is 2.70 bits per heavy atom. The number of furan rings is 1. The molecule has 23 heavy (non-hydrogen) atoms. The van der Waals surface area contributed by atoms with Crippen LogP contribution in [0.5, 0.6) is 5.75 Å². The summed E-state index contributed by atoms with van der Waals surface area (Å²) in [5, 5.41) is 11.3. The van der Waals surface area contributed by atoms with Crippen molar-refractivity contribution < 1.29 is 13.9 Å². The predicted molar refractivity (Wildman–Crippen MR) is 88.7 cm³/mol. The van der Waals surface area contributed by atoms with E-state index in [0.717, 1.165) is 11.0 Å². The summed E-state index contributed by atoms with van der Waals surface area (Å²) in [5.41, 5.74) is 2.01. The van der Waals surface area contributed by atoms with Crippen molar-refractivity contribution in [1.82, 2.24) is 0 Å². The van der Waals surface area contributed by atoms with E-state index in [-0.39, 0.29) is 11.2 Å². The summed E-state index contributed by atoms with van der Waals surface area (Å²) in [7, 11) is 0. The van der Waals surface area contributed by atoms with Gasteiger partial charge in [-0.25, -0.2) is 0 Å². The number of hydrogen-bond donors (Lipinski definition) is 1. The Labute approximate surface area is 131 Å². The van der Waals surface area contributed by atoms with Crippen LogP contribution in [-0.4, -0.2) is 5.11 Å². The largest absolute Gasteiger partial charge is 0.508 e. The van der Waals surface area contributed by atoms with Crippen molar-refractivity contribution in [2.75, 3.05) is 0 Å². The van der Waals surface area contributed by atoms with Crippen molar-refractivity contribution in [3.05, 3.63) is 64.5 Å². The summed E-state index contributed by atoms with van der Waals surface area (Å²) >= 11 is 0. The molecule has 4 heteroatoms. The first-order valence-electron chi connectivity index (χ1n) is 7.43. The average molecular weight is 306 g/mol. The van der Waals surface area contributed by atoms with Gasteiger partial charge >= 0.3 is 0 Å². The molecule has 0 saturated heterocycles. The number of hydrogen-bond acceptors (Lipinski definition) is 4. The maximum Gasteiger partial charge on any atom is 0.203 e. The molecule has 4 nitrogen and oxygen atoms in total. The highest BCUT2D eigenvalue weighted by molar-refractivity contribution is 5.86. The zero-order chi connectivity index (χ0) is 16.0. The fourth-order valence-electron chi connectivity index (χ4n) is 2.78. The van der Waals surface area contributed by atoms with Crippen LogP contribution in [0.3, 0.4) is 0 Å². The molecule has 0 unspecified atom stereocenters. The van der Waals surface area contributed by atoms with E-state index in [1.54, 1.807) is 6.07 Å². The van der Waals surface area contributed by atoms with Crippen LogP contribution >= 0.6 is 0 Å². The number of aromatic hydroxyl groups is 1. The van der Waals surface area contributed by atoms with Crippen molar-refractivity contribution in [2.24, 2.45) is 0 Å². The highest BCUT2D eigenvalue weighted by Crippen LogP contribution is 2.29. The van der Waals surface area contributed by atoms with Crippen LogP contribution in [0.1, 0.15) is 12.5 Å². The molecule has 4 rings (SSSR count). The Balaban J connectivity index is 1.98. The molecule has 114 valence electrons. The van der Waals surface area contributed by atoms with Gasteiger partial charge in [0.1, 0.15) is 34.5 Å². The lowest BCUT2D eigenvalue weighted by Crippen LogP contribution is -2.04. The highest BCUT2D eigenvalue weighted by atomic mass is 16.3. The molecule has 0 spiro atoms. The molecule has 2 heterocycles. The minimum atomic E-state index is -0.167. The van der Waals surface area contributed by atoms with E-state index in [2.05, 4.69) is 0 Å². The Morgan fingerprint density at radius 1 is 1.09 bits per heavy atom.